The lowest BCUT2D eigenvalue weighted by molar-refractivity contribution is -0.137. The van der Waals surface area contributed by atoms with E-state index in [1.54, 1.807) is 43.3 Å². The van der Waals surface area contributed by atoms with Gasteiger partial charge < -0.3 is 15.6 Å². The van der Waals surface area contributed by atoms with Crippen LogP contribution in [-0.4, -0.2) is 28.8 Å². The van der Waals surface area contributed by atoms with Gasteiger partial charge in [-0.2, -0.15) is 0 Å². The van der Waals surface area contributed by atoms with Crippen molar-refractivity contribution in [2.24, 2.45) is 5.73 Å². The van der Waals surface area contributed by atoms with Crippen LogP contribution in [0.5, 0.6) is 0 Å². The Labute approximate surface area is 182 Å². The number of Topliss-reactive ketones (excluding diaryl/α,β-unsaturated/α-hetero) is 1. The summed E-state index contributed by atoms with van der Waals surface area (Å²) in [5.41, 5.74) is 6.86. The smallest absolute Gasteiger partial charge is 0.287 e. The van der Waals surface area contributed by atoms with E-state index in [2.05, 4.69) is 10.5 Å². The summed E-state index contributed by atoms with van der Waals surface area (Å²) in [6, 6.07) is 12.4. The number of nitrogens with two attached hydrogens (primary N) is 1. The third-order valence-electron chi connectivity index (χ3n) is 4.35. The van der Waals surface area contributed by atoms with Crippen LogP contribution in [0.1, 0.15) is 21.6 Å². The molecule has 1 heterocycles. The third-order valence-corrected chi connectivity index (χ3v) is 4.79. The van der Waals surface area contributed by atoms with Crippen LogP contribution in [0, 0.1) is 6.92 Å². The van der Waals surface area contributed by atoms with E-state index in [0.717, 1.165) is 0 Å². The molecule has 9 heteroatoms. The average Bonchev–Trinajstić information content (AvgIpc) is 3.08. The highest BCUT2D eigenvalue weighted by Crippen LogP contribution is 2.26. The molecule has 0 aliphatic heterocycles. The van der Waals surface area contributed by atoms with Gasteiger partial charge in [0.15, 0.2) is 5.76 Å². The normalized spacial score (nSPS) is 11.7. The van der Waals surface area contributed by atoms with Gasteiger partial charge in [-0.1, -0.05) is 58.7 Å². The summed E-state index contributed by atoms with van der Waals surface area (Å²) < 4.78 is 5.32. The van der Waals surface area contributed by atoms with Gasteiger partial charge >= 0.3 is 0 Å². The van der Waals surface area contributed by atoms with Crippen molar-refractivity contribution in [3.63, 3.8) is 0 Å². The number of nitrogens with zero attached hydrogens (tertiary/aromatic N) is 1. The van der Waals surface area contributed by atoms with Crippen molar-refractivity contribution < 1.29 is 18.9 Å². The summed E-state index contributed by atoms with van der Waals surface area (Å²) >= 11 is 12.0. The van der Waals surface area contributed by atoms with E-state index in [1.807, 2.05) is 6.07 Å². The number of aromatic nitrogens is 1. The molecule has 2 amide bonds. The number of aryl methyl sites for hydroxylation is 1. The molecule has 1 atom stereocenters. The molecule has 0 fully saturated rings. The molecule has 1 unspecified atom stereocenters. The summed E-state index contributed by atoms with van der Waals surface area (Å²) in [7, 11) is 0. The van der Waals surface area contributed by atoms with Gasteiger partial charge in [-0.15, -0.1) is 0 Å². The fourth-order valence-electron chi connectivity index (χ4n) is 3.00. The number of amides is 2. The molecule has 3 N–H and O–H groups in total. The van der Waals surface area contributed by atoms with Gasteiger partial charge in [0.05, 0.1) is 5.69 Å². The molecular weight excluding hydrogens is 429 g/mol. The number of ketones is 1. The molecule has 0 aliphatic carbocycles. The summed E-state index contributed by atoms with van der Waals surface area (Å²) in [5, 5.41) is 7.14. The molecule has 0 spiro atoms. The van der Waals surface area contributed by atoms with E-state index in [4.69, 9.17) is 33.5 Å². The SMILES string of the molecule is Cc1noc(-c2ccccc2)c1C(=O)NC(Cc1cc(Cl)cc(Cl)c1)C(=O)C(N)=O. The van der Waals surface area contributed by atoms with E-state index < -0.39 is 23.6 Å². The highest BCUT2D eigenvalue weighted by atomic mass is 35.5. The first-order valence-corrected chi connectivity index (χ1v) is 9.63. The zero-order valence-corrected chi connectivity index (χ0v) is 17.3. The second kappa shape index (κ2) is 9.11. The second-order valence-corrected chi connectivity index (χ2v) is 7.45. The fraction of sp³-hybridized carbons (Fsp3) is 0.143. The molecule has 0 aliphatic rings. The molecule has 3 aromatic rings. The van der Waals surface area contributed by atoms with E-state index in [1.165, 1.54) is 6.07 Å². The Morgan fingerprint density at radius 3 is 2.33 bits per heavy atom. The van der Waals surface area contributed by atoms with Gasteiger partial charge in [0.1, 0.15) is 11.6 Å². The number of rotatable bonds is 7. The number of halogens is 2. The van der Waals surface area contributed by atoms with E-state index in [9.17, 15) is 14.4 Å². The average molecular weight is 446 g/mol. The molecule has 3 rings (SSSR count). The fourth-order valence-corrected chi connectivity index (χ4v) is 3.57. The van der Waals surface area contributed by atoms with Gasteiger partial charge in [0.25, 0.3) is 11.8 Å². The van der Waals surface area contributed by atoms with Crippen molar-refractivity contribution in [3.05, 3.63) is 75.4 Å². The second-order valence-electron chi connectivity index (χ2n) is 6.57. The number of benzene rings is 2. The maximum atomic E-state index is 13.0. The summed E-state index contributed by atoms with van der Waals surface area (Å²) in [5.74, 6) is -2.49. The molecule has 0 radical (unpaired) electrons. The molecule has 0 saturated carbocycles. The molecule has 1 aromatic heterocycles. The number of primary amides is 1. The predicted molar refractivity (Wildman–Crippen MR) is 112 cm³/mol. The van der Waals surface area contributed by atoms with Crippen LogP contribution in [0.15, 0.2) is 53.1 Å². The van der Waals surface area contributed by atoms with E-state index in [-0.39, 0.29) is 17.7 Å². The lowest BCUT2D eigenvalue weighted by Gasteiger charge is -2.17. The van der Waals surface area contributed by atoms with Crippen LogP contribution in [0.2, 0.25) is 10.0 Å². The molecule has 0 saturated heterocycles. The highest BCUT2D eigenvalue weighted by Gasteiger charge is 2.29. The van der Waals surface area contributed by atoms with Crippen LogP contribution in [0.4, 0.5) is 0 Å². The van der Waals surface area contributed by atoms with Crippen molar-refractivity contribution in [1.82, 2.24) is 10.5 Å². The minimum atomic E-state index is -1.22. The summed E-state index contributed by atoms with van der Waals surface area (Å²) in [6.45, 7) is 1.60. The highest BCUT2D eigenvalue weighted by molar-refractivity contribution is 6.38. The maximum Gasteiger partial charge on any atom is 0.287 e. The van der Waals surface area contributed by atoms with Crippen LogP contribution >= 0.6 is 23.2 Å². The quantitative estimate of drug-likeness (QED) is 0.540. The van der Waals surface area contributed by atoms with Gasteiger partial charge in [0, 0.05) is 22.0 Å². The topological polar surface area (TPSA) is 115 Å². The van der Waals surface area contributed by atoms with E-state index >= 15 is 0 Å². The molecular formula is C21H17Cl2N3O4. The predicted octanol–water partition coefficient (Wildman–Crippen LogP) is 3.35. The standard InChI is InChI=1S/C21H17Cl2N3O4/c1-11-17(19(30-26-11)13-5-3-2-4-6-13)21(29)25-16(18(27)20(24)28)9-12-7-14(22)10-15(23)8-12/h2-8,10,16H,9H2,1H3,(H2,24,28)(H,25,29). The first-order valence-electron chi connectivity index (χ1n) is 8.87. The number of hydrogen-bond donors (Lipinski definition) is 2. The Hall–Kier alpha value is -3.16. The molecule has 30 heavy (non-hydrogen) atoms. The Morgan fingerprint density at radius 2 is 1.73 bits per heavy atom. The monoisotopic (exact) mass is 445 g/mol. The number of nitrogens with one attached hydrogen (secondary N) is 1. The van der Waals surface area contributed by atoms with E-state index in [0.29, 0.717) is 26.9 Å². The van der Waals surface area contributed by atoms with Crippen LogP contribution < -0.4 is 11.1 Å². The van der Waals surface area contributed by atoms with Crippen LogP contribution in [0.25, 0.3) is 11.3 Å². The van der Waals surface area contributed by atoms with Crippen molar-refractivity contribution in [3.8, 4) is 11.3 Å². The van der Waals surface area contributed by atoms with Crippen LogP contribution in [0.3, 0.4) is 0 Å². The minimum Gasteiger partial charge on any atom is -0.363 e. The number of hydrogen-bond acceptors (Lipinski definition) is 5. The van der Waals surface area contributed by atoms with Crippen molar-refractivity contribution in [1.29, 1.82) is 0 Å². The van der Waals surface area contributed by atoms with Crippen molar-refractivity contribution in [2.45, 2.75) is 19.4 Å². The number of carbonyl (C=O) groups excluding carboxylic acids is 3. The summed E-state index contributed by atoms with van der Waals surface area (Å²) in [6.07, 6.45) is -0.0290. The lowest BCUT2D eigenvalue weighted by atomic mass is 10.0. The largest absolute Gasteiger partial charge is 0.363 e. The minimum absolute atomic E-state index is 0.0290. The first-order chi connectivity index (χ1) is 14.3. The lowest BCUT2D eigenvalue weighted by Crippen LogP contribution is -2.47. The van der Waals surface area contributed by atoms with Gasteiger partial charge in [-0.05, 0) is 30.7 Å². The molecule has 154 valence electrons. The summed E-state index contributed by atoms with van der Waals surface area (Å²) in [4.78, 5) is 36.9. The Kier molecular flexibility index (Phi) is 6.54. The Balaban J connectivity index is 1.92. The first kappa shape index (κ1) is 21.5. The van der Waals surface area contributed by atoms with Crippen molar-refractivity contribution in [2.75, 3.05) is 0 Å². The zero-order chi connectivity index (χ0) is 21.8. The van der Waals surface area contributed by atoms with Crippen LogP contribution in [-0.2, 0) is 16.0 Å². The van der Waals surface area contributed by atoms with Gasteiger partial charge in [-0.3, -0.25) is 14.4 Å². The molecule has 0 bridgehead atoms. The van der Waals surface area contributed by atoms with Gasteiger partial charge in [0.2, 0.25) is 5.78 Å². The zero-order valence-electron chi connectivity index (χ0n) is 15.8. The Morgan fingerprint density at radius 1 is 1.10 bits per heavy atom. The maximum absolute atomic E-state index is 13.0. The molecule has 2 aromatic carbocycles. The molecule has 7 nitrogen and oxygen atoms in total. The number of carbonyl (C=O) groups is 3. The van der Waals surface area contributed by atoms with Crippen molar-refractivity contribution >= 4 is 40.8 Å². The Bertz CT molecular complexity index is 1090. The third kappa shape index (κ3) is 4.87. The van der Waals surface area contributed by atoms with Gasteiger partial charge in [-0.25, -0.2) is 0 Å².